The number of ether oxygens (including phenoxy) is 1. The lowest BCUT2D eigenvalue weighted by atomic mass is 10.4. The Morgan fingerprint density at radius 1 is 1.60 bits per heavy atom. The highest BCUT2D eigenvalue weighted by Crippen LogP contribution is 1.98. The number of halogens is 1. The van der Waals surface area contributed by atoms with Gasteiger partial charge in [0.1, 0.15) is 0 Å². The van der Waals surface area contributed by atoms with Crippen molar-refractivity contribution in [3.63, 3.8) is 0 Å². The molecule has 0 aromatic rings. The van der Waals surface area contributed by atoms with Crippen molar-refractivity contribution >= 4 is 15.9 Å². The molecule has 1 atom stereocenters. The predicted octanol–water partition coefficient (Wildman–Crippen LogP) is 1.35. The first-order valence-corrected chi connectivity index (χ1v) is 4.40. The van der Waals surface area contributed by atoms with Crippen LogP contribution in [0.2, 0.25) is 0 Å². The van der Waals surface area contributed by atoms with E-state index in [1.165, 1.54) is 0 Å². The summed E-state index contributed by atoms with van der Waals surface area (Å²) in [6.07, 6.45) is 0. The molecule has 62 valence electrons. The molecule has 0 aliphatic rings. The maximum absolute atomic E-state index is 4.94. The number of hydrogen-bond donors (Lipinski definition) is 0. The van der Waals surface area contributed by atoms with Crippen LogP contribution in [-0.4, -0.2) is 43.6 Å². The third-order valence-corrected chi connectivity index (χ3v) is 1.53. The van der Waals surface area contributed by atoms with Crippen molar-refractivity contribution in [2.45, 2.75) is 11.8 Å². The van der Waals surface area contributed by atoms with Crippen molar-refractivity contribution in [2.75, 3.05) is 33.9 Å². The fourth-order valence-electron chi connectivity index (χ4n) is 0.768. The highest BCUT2D eigenvalue weighted by atomic mass is 79.9. The fourth-order valence-corrected chi connectivity index (χ4v) is 1.26. The maximum Gasteiger partial charge on any atom is 0.0589 e. The molecule has 0 amide bonds. The Hall–Kier alpha value is 0.400. The first-order valence-electron chi connectivity index (χ1n) is 3.48. The van der Waals surface area contributed by atoms with Crippen LogP contribution >= 0.6 is 15.9 Å². The second-order valence-corrected chi connectivity index (χ2v) is 4.10. The fraction of sp³-hybridized carbons (Fsp3) is 1.00. The molecule has 0 aromatic carbocycles. The number of methoxy groups -OCH3 is 1. The second kappa shape index (κ2) is 6.13. The molecule has 0 spiro atoms. The van der Waals surface area contributed by atoms with Gasteiger partial charge in [-0.25, -0.2) is 0 Å². The van der Waals surface area contributed by atoms with Crippen LogP contribution in [0, 0.1) is 0 Å². The molecule has 0 aliphatic carbocycles. The van der Waals surface area contributed by atoms with Crippen LogP contribution in [-0.2, 0) is 4.74 Å². The summed E-state index contributed by atoms with van der Waals surface area (Å²) in [5.74, 6) is 0. The van der Waals surface area contributed by atoms with Crippen molar-refractivity contribution in [1.82, 2.24) is 4.90 Å². The van der Waals surface area contributed by atoms with E-state index in [0.717, 1.165) is 19.7 Å². The average molecular weight is 210 g/mol. The second-order valence-electron chi connectivity index (χ2n) is 2.54. The lowest BCUT2D eigenvalue weighted by Crippen LogP contribution is -2.27. The van der Waals surface area contributed by atoms with Gasteiger partial charge in [0.2, 0.25) is 0 Å². The van der Waals surface area contributed by atoms with Crippen molar-refractivity contribution in [3.8, 4) is 0 Å². The number of rotatable bonds is 5. The lowest BCUT2D eigenvalue weighted by Gasteiger charge is -2.16. The summed E-state index contributed by atoms with van der Waals surface area (Å²) < 4.78 is 4.94. The van der Waals surface area contributed by atoms with Gasteiger partial charge in [0.05, 0.1) is 6.61 Å². The molecule has 0 rings (SSSR count). The van der Waals surface area contributed by atoms with Crippen LogP contribution in [0.5, 0.6) is 0 Å². The van der Waals surface area contributed by atoms with Gasteiger partial charge in [-0.05, 0) is 7.05 Å². The van der Waals surface area contributed by atoms with Gasteiger partial charge < -0.3 is 9.64 Å². The van der Waals surface area contributed by atoms with Crippen LogP contribution < -0.4 is 0 Å². The third kappa shape index (κ3) is 6.52. The molecule has 10 heavy (non-hydrogen) atoms. The van der Waals surface area contributed by atoms with E-state index in [9.17, 15) is 0 Å². The molecule has 0 aliphatic heterocycles. The molecule has 0 bridgehead atoms. The van der Waals surface area contributed by atoms with E-state index in [-0.39, 0.29) is 0 Å². The highest BCUT2D eigenvalue weighted by Gasteiger charge is 2.00. The molecular formula is C7H16BrNO. The standard InChI is InChI=1S/C7H16BrNO/c1-7(8)6-9(2)4-5-10-3/h7H,4-6H2,1-3H3. The van der Waals surface area contributed by atoms with Crippen LogP contribution in [0.4, 0.5) is 0 Å². The predicted molar refractivity (Wildman–Crippen MR) is 47.8 cm³/mol. The molecule has 0 saturated carbocycles. The van der Waals surface area contributed by atoms with Crippen LogP contribution in [0.3, 0.4) is 0 Å². The van der Waals surface area contributed by atoms with E-state index < -0.39 is 0 Å². The molecule has 3 heteroatoms. The van der Waals surface area contributed by atoms with E-state index in [2.05, 4.69) is 34.8 Å². The minimum absolute atomic E-state index is 0.564. The largest absolute Gasteiger partial charge is 0.383 e. The topological polar surface area (TPSA) is 12.5 Å². The molecule has 0 saturated heterocycles. The molecule has 2 nitrogen and oxygen atoms in total. The summed E-state index contributed by atoms with van der Waals surface area (Å²) in [7, 11) is 3.82. The van der Waals surface area contributed by atoms with Gasteiger partial charge in [-0.2, -0.15) is 0 Å². The Morgan fingerprint density at radius 2 is 2.20 bits per heavy atom. The number of likely N-dealkylation sites (N-methyl/N-ethyl adjacent to an activating group) is 1. The molecule has 0 N–H and O–H groups in total. The monoisotopic (exact) mass is 209 g/mol. The Labute approximate surface area is 71.7 Å². The molecule has 0 radical (unpaired) electrons. The van der Waals surface area contributed by atoms with Crippen LogP contribution in [0.25, 0.3) is 0 Å². The zero-order valence-corrected chi connectivity index (χ0v) is 8.52. The number of nitrogens with zero attached hydrogens (tertiary/aromatic N) is 1. The zero-order valence-electron chi connectivity index (χ0n) is 6.93. The van der Waals surface area contributed by atoms with Crippen molar-refractivity contribution in [2.24, 2.45) is 0 Å². The minimum atomic E-state index is 0.564. The summed E-state index contributed by atoms with van der Waals surface area (Å²) in [6, 6.07) is 0. The molecular weight excluding hydrogens is 194 g/mol. The third-order valence-electron chi connectivity index (χ3n) is 1.24. The molecule has 0 heterocycles. The van der Waals surface area contributed by atoms with Gasteiger partial charge in [0.25, 0.3) is 0 Å². The van der Waals surface area contributed by atoms with Gasteiger partial charge in [0, 0.05) is 25.0 Å². The van der Waals surface area contributed by atoms with E-state index >= 15 is 0 Å². The Balaban J connectivity index is 3.16. The van der Waals surface area contributed by atoms with Gasteiger partial charge in [0.15, 0.2) is 0 Å². The van der Waals surface area contributed by atoms with Crippen molar-refractivity contribution in [1.29, 1.82) is 0 Å². The highest BCUT2D eigenvalue weighted by molar-refractivity contribution is 9.09. The number of alkyl halides is 1. The zero-order chi connectivity index (χ0) is 7.98. The van der Waals surface area contributed by atoms with Crippen molar-refractivity contribution in [3.05, 3.63) is 0 Å². The number of hydrogen-bond acceptors (Lipinski definition) is 2. The summed E-state index contributed by atoms with van der Waals surface area (Å²) in [5.41, 5.74) is 0. The van der Waals surface area contributed by atoms with Crippen LogP contribution in [0.15, 0.2) is 0 Å². The van der Waals surface area contributed by atoms with E-state index in [4.69, 9.17) is 4.74 Å². The van der Waals surface area contributed by atoms with E-state index in [1.807, 2.05) is 0 Å². The van der Waals surface area contributed by atoms with E-state index in [0.29, 0.717) is 4.83 Å². The lowest BCUT2D eigenvalue weighted by molar-refractivity contribution is 0.162. The smallest absolute Gasteiger partial charge is 0.0589 e. The maximum atomic E-state index is 4.94. The average Bonchev–Trinajstić information content (AvgIpc) is 1.82. The van der Waals surface area contributed by atoms with E-state index in [1.54, 1.807) is 7.11 Å². The quantitative estimate of drug-likeness (QED) is 0.635. The summed E-state index contributed by atoms with van der Waals surface area (Å²) in [6.45, 7) is 5.04. The van der Waals surface area contributed by atoms with Gasteiger partial charge in [-0.15, -0.1) is 0 Å². The Bertz CT molecular complexity index is 78.0. The molecule has 1 unspecified atom stereocenters. The van der Waals surface area contributed by atoms with Gasteiger partial charge in [-0.1, -0.05) is 22.9 Å². The Kier molecular flexibility index (Phi) is 6.38. The molecule has 0 aromatic heterocycles. The minimum Gasteiger partial charge on any atom is -0.383 e. The normalized spacial score (nSPS) is 14.1. The SMILES string of the molecule is COCCN(C)CC(C)Br. The summed E-state index contributed by atoms with van der Waals surface area (Å²) in [5, 5.41) is 0. The summed E-state index contributed by atoms with van der Waals surface area (Å²) >= 11 is 3.48. The summed E-state index contributed by atoms with van der Waals surface area (Å²) in [4.78, 5) is 2.80. The van der Waals surface area contributed by atoms with Gasteiger partial charge in [-0.3, -0.25) is 0 Å². The molecule has 0 fully saturated rings. The van der Waals surface area contributed by atoms with Gasteiger partial charge >= 0.3 is 0 Å². The van der Waals surface area contributed by atoms with Crippen LogP contribution in [0.1, 0.15) is 6.92 Å². The Morgan fingerprint density at radius 3 is 2.60 bits per heavy atom. The first kappa shape index (κ1) is 10.4. The van der Waals surface area contributed by atoms with Crippen molar-refractivity contribution < 1.29 is 4.74 Å². The first-order chi connectivity index (χ1) is 4.66.